The molecule has 0 bridgehead atoms. The predicted octanol–water partition coefficient (Wildman–Crippen LogP) is 2.58. The summed E-state index contributed by atoms with van der Waals surface area (Å²) in [5.41, 5.74) is 9.16. The van der Waals surface area contributed by atoms with Gasteiger partial charge in [-0.25, -0.2) is 0 Å². The Balaban J connectivity index is 2.03. The minimum absolute atomic E-state index is 0.370. The maximum atomic E-state index is 5.93. The number of nitrogens with zero attached hydrogens (tertiary/aromatic N) is 1. The molecule has 3 nitrogen and oxygen atoms in total. The summed E-state index contributed by atoms with van der Waals surface area (Å²) in [5.74, 6) is 0. The molecule has 0 radical (unpaired) electrons. The van der Waals surface area contributed by atoms with Crippen LogP contribution < -0.4 is 10.6 Å². The van der Waals surface area contributed by atoms with Gasteiger partial charge in [-0.1, -0.05) is 6.07 Å². The number of rotatable bonds is 3. The Morgan fingerprint density at radius 2 is 2.24 bits per heavy atom. The molecule has 1 aliphatic rings. The lowest BCUT2D eigenvalue weighted by Gasteiger charge is -2.29. The van der Waals surface area contributed by atoms with Crippen LogP contribution in [0, 0.1) is 6.92 Å². The topological polar surface area (TPSA) is 38.5 Å². The van der Waals surface area contributed by atoms with Crippen LogP contribution in [0.2, 0.25) is 0 Å². The van der Waals surface area contributed by atoms with Crippen molar-refractivity contribution in [1.82, 2.24) is 0 Å². The van der Waals surface area contributed by atoms with Crippen molar-refractivity contribution >= 4 is 11.4 Å². The van der Waals surface area contributed by atoms with E-state index < -0.39 is 0 Å². The molecule has 1 atom stereocenters. The van der Waals surface area contributed by atoms with Gasteiger partial charge in [-0.05, 0) is 43.9 Å². The second-order valence-electron chi connectivity index (χ2n) is 4.86. The predicted molar refractivity (Wildman–Crippen MR) is 72.5 cm³/mol. The average Bonchev–Trinajstić information content (AvgIpc) is 2.34. The molecule has 1 aromatic rings. The third-order valence-corrected chi connectivity index (χ3v) is 3.51. The van der Waals surface area contributed by atoms with Gasteiger partial charge in [0, 0.05) is 31.6 Å². The summed E-state index contributed by atoms with van der Waals surface area (Å²) in [6.45, 7) is 3.93. The van der Waals surface area contributed by atoms with Crippen LogP contribution in [0.4, 0.5) is 11.4 Å². The third-order valence-electron chi connectivity index (χ3n) is 3.51. The van der Waals surface area contributed by atoms with Crippen LogP contribution in [0.5, 0.6) is 0 Å². The zero-order valence-electron chi connectivity index (χ0n) is 10.8. The molecule has 2 N–H and O–H groups in total. The highest BCUT2D eigenvalue weighted by molar-refractivity contribution is 5.63. The van der Waals surface area contributed by atoms with Gasteiger partial charge in [0.2, 0.25) is 0 Å². The zero-order chi connectivity index (χ0) is 12.3. The number of hydrogen-bond acceptors (Lipinski definition) is 3. The van der Waals surface area contributed by atoms with E-state index in [1.165, 1.54) is 24.9 Å². The monoisotopic (exact) mass is 234 g/mol. The van der Waals surface area contributed by atoms with E-state index in [0.717, 1.165) is 24.4 Å². The molecule has 2 rings (SSSR count). The van der Waals surface area contributed by atoms with Crippen molar-refractivity contribution in [3.05, 3.63) is 23.8 Å². The van der Waals surface area contributed by atoms with Crippen LogP contribution in [-0.4, -0.2) is 26.3 Å². The van der Waals surface area contributed by atoms with Gasteiger partial charge in [-0.3, -0.25) is 0 Å². The summed E-state index contributed by atoms with van der Waals surface area (Å²) in [6, 6.07) is 6.08. The molecule has 17 heavy (non-hydrogen) atoms. The molecule has 94 valence electrons. The second-order valence-corrected chi connectivity index (χ2v) is 4.86. The van der Waals surface area contributed by atoms with Gasteiger partial charge in [-0.15, -0.1) is 0 Å². The SMILES string of the molecule is Cc1c(N)cccc1N(C)CC1CCCCO1. The number of hydrogen-bond donors (Lipinski definition) is 1. The van der Waals surface area contributed by atoms with E-state index in [1.54, 1.807) is 0 Å². The normalized spacial score (nSPS) is 20.2. The molecule has 1 fully saturated rings. The van der Waals surface area contributed by atoms with E-state index in [-0.39, 0.29) is 0 Å². The molecule has 3 heteroatoms. The summed E-state index contributed by atoms with van der Waals surface area (Å²) in [5, 5.41) is 0. The first-order chi connectivity index (χ1) is 8.18. The average molecular weight is 234 g/mol. The van der Waals surface area contributed by atoms with Crippen molar-refractivity contribution in [2.75, 3.05) is 30.8 Å². The van der Waals surface area contributed by atoms with E-state index in [9.17, 15) is 0 Å². The lowest BCUT2D eigenvalue weighted by atomic mass is 10.1. The highest BCUT2D eigenvalue weighted by atomic mass is 16.5. The van der Waals surface area contributed by atoms with Crippen LogP contribution in [0.15, 0.2) is 18.2 Å². The number of anilines is 2. The Bertz CT molecular complexity index is 372. The fourth-order valence-electron chi connectivity index (χ4n) is 2.41. The Morgan fingerprint density at radius 1 is 1.41 bits per heavy atom. The highest BCUT2D eigenvalue weighted by Gasteiger charge is 2.17. The number of nitrogens with two attached hydrogens (primary N) is 1. The molecule has 0 saturated carbocycles. The van der Waals surface area contributed by atoms with Gasteiger partial charge in [-0.2, -0.15) is 0 Å². The van der Waals surface area contributed by atoms with E-state index in [2.05, 4.69) is 24.9 Å². The van der Waals surface area contributed by atoms with Crippen LogP contribution >= 0.6 is 0 Å². The maximum absolute atomic E-state index is 5.93. The third kappa shape index (κ3) is 2.91. The summed E-state index contributed by atoms with van der Waals surface area (Å²) in [4.78, 5) is 2.25. The summed E-state index contributed by atoms with van der Waals surface area (Å²) in [7, 11) is 2.11. The van der Waals surface area contributed by atoms with Crippen LogP contribution in [0.3, 0.4) is 0 Å². The largest absolute Gasteiger partial charge is 0.398 e. The van der Waals surface area contributed by atoms with Crippen molar-refractivity contribution < 1.29 is 4.74 Å². The van der Waals surface area contributed by atoms with E-state index in [1.807, 2.05) is 12.1 Å². The van der Waals surface area contributed by atoms with E-state index in [4.69, 9.17) is 10.5 Å². The molecular formula is C14H22N2O. The zero-order valence-corrected chi connectivity index (χ0v) is 10.8. The number of nitrogen functional groups attached to an aromatic ring is 1. The lowest BCUT2D eigenvalue weighted by Crippen LogP contribution is -2.33. The Hall–Kier alpha value is -1.22. The number of benzene rings is 1. The maximum Gasteiger partial charge on any atom is 0.0749 e. The first kappa shape index (κ1) is 12.2. The van der Waals surface area contributed by atoms with Crippen molar-refractivity contribution in [2.24, 2.45) is 0 Å². The van der Waals surface area contributed by atoms with Gasteiger partial charge in [0.15, 0.2) is 0 Å². The quantitative estimate of drug-likeness (QED) is 0.817. The van der Waals surface area contributed by atoms with E-state index >= 15 is 0 Å². The standard InChI is InChI=1S/C14H22N2O/c1-11-13(15)7-5-8-14(11)16(2)10-12-6-3-4-9-17-12/h5,7-8,12H,3-4,6,9-10,15H2,1-2H3. The molecular weight excluding hydrogens is 212 g/mol. The highest BCUT2D eigenvalue weighted by Crippen LogP contribution is 2.25. The minimum atomic E-state index is 0.370. The first-order valence-corrected chi connectivity index (χ1v) is 6.36. The van der Waals surface area contributed by atoms with Crippen LogP contribution in [-0.2, 0) is 4.74 Å². The molecule has 0 amide bonds. The molecule has 1 saturated heterocycles. The number of likely N-dealkylation sites (N-methyl/N-ethyl adjacent to an activating group) is 1. The Kier molecular flexibility index (Phi) is 3.89. The Labute approximate surface area is 104 Å². The summed E-state index contributed by atoms with van der Waals surface area (Å²) >= 11 is 0. The summed E-state index contributed by atoms with van der Waals surface area (Å²) < 4.78 is 5.77. The number of ether oxygens (including phenoxy) is 1. The summed E-state index contributed by atoms with van der Waals surface area (Å²) in [6.07, 6.45) is 4.03. The molecule has 1 aromatic carbocycles. The van der Waals surface area contributed by atoms with Gasteiger partial charge in [0.1, 0.15) is 0 Å². The van der Waals surface area contributed by atoms with Crippen molar-refractivity contribution in [1.29, 1.82) is 0 Å². The minimum Gasteiger partial charge on any atom is -0.398 e. The van der Waals surface area contributed by atoms with Gasteiger partial charge >= 0.3 is 0 Å². The second kappa shape index (κ2) is 5.41. The molecule has 1 aliphatic heterocycles. The molecule has 1 unspecified atom stereocenters. The fourth-order valence-corrected chi connectivity index (χ4v) is 2.41. The Morgan fingerprint density at radius 3 is 2.94 bits per heavy atom. The van der Waals surface area contributed by atoms with Crippen LogP contribution in [0.1, 0.15) is 24.8 Å². The molecule has 0 aromatic heterocycles. The van der Waals surface area contributed by atoms with Gasteiger partial charge in [0.25, 0.3) is 0 Å². The first-order valence-electron chi connectivity index (χ1n) is 6.36. The van der Waals surface area contributed by atoms with E-state index in [0.29, 0.717) is 6.10 Å². The van der Waals surface area contributed by atoms with Crippen molar-refractivity contribution in [3.8, 4) is 0 Å². The fraction of sp³-hybridized carbons (Fsp3) is 0.571. The van der Waals surface area contributed by atoms with Crippen molar-refractivity contribution in [2.45, 2.75) is 32.3 Å². The van der Waals surface area contributed by atoms with Crippen molar-refractivity contribution in [3.63, 3.8) is 0 Å². The van der Waals surface area contributed by atoms with Gasteiger partial charge < -0.3 is 15.4 Å². The lowest BCUT2D eigenvalue weighted by molar-refractivity contribution is 0.0216. The van der Waals surface area contributed by atoms with Crippen LogP contribution in [0.25, 0.3) is 0 Å². The molecule has 0 spiro atoms. The molecule has 1 heterocycles. The van der Waals surface area contributed by atoms with Gasteiger partial charge in [0.05, 0.1) is 6.10 Å². The smallest absolute Gasteiger partial charge is 0.0749 e. The molecule has 0 aliphatic carbocycles.